The number of para-hydroxylation sites is 1. The van der Waals surface area contributed by atoms with Gasteiger partial charge in [-0.2, -0.15) is 0 Å². The molecule has 2 fully saturated rings. The zero-order valence-corrected chi connectivity index (χ0v) is 45.4. The van der Waals surface area contributed by atoms with Gasteiger partial charge in [-0.15, -0.1) is 0 Å². The van der Waals surface area contributed by atoms with Gasteiger partial charge in [-0.3, -0.25) is 24.6 Å². The molecule has 2 aromatic rings. The van der Waals surface area contributed by atoms with Gasteiger partial charge in [-0.1, -0.05) is 37.1 Å². The van der Waals surface area contributed by atoms with Crippen molar-refractivity contribution in [2.75, 3.05) is 38.3 Å². The highest BCUT2D eigenvalue weighted by molar-refractivity contribution is 8.00. The molecule has 1 heterocycles. The SMILES string of the molecule is C=CC(=O)OCCCCCCOC1=CC=C(OC(=O)C2CCC(C(=O)OC3=CC=C(OC(=O)[C@H]4CC[C@H](C(=O)Oc5ccc(OCCCCCCOC(=O)C=C)cc5)CC4)C(CNNC4Nc5ccccc5S4)C3)CC2)CC1. The Bertz CT molecular complexity index is 2480. The van der Waals surface area contributed by atoms with Crippen LogP contribution < -0.4 is 25.6 Å². The Morgan fingerprint density at radius 1 is 0.538 bits per heavy atom. The number of anilines is 1. The summed E-state index contributed by atoms with van der Waals surface area (Å²) in [6, 6.07) is 15.0. The maximum Gasteiger partial charge on any atom is 0.330 e. The second-order valence-corrected chi connectivity index (χ2v) is 21.2. The van der Waals surface area contributed by atoms with Gasteiger partial charge < -0.3 is 43.2 Å². The second kappa shape index (κ2) is 31.7. The summed E-state index contributed by atoms with van der Waals surface area (Å²) in [5.41, 5.74) is 7.52. The molecule has 0 spiro atoms. The van der Waals surface area contributed by atoms with Crippen molar-refractivity contribution in [3.8, 4) is 11.5 Å². The van der Waals surface area contributed by atoms with Crippen molar-refractivity contribution in [3.63, 3.8) is 0 Å². The van der Waals surface area contributed by atoms with Crippen LogP contribution in [0.25, 0.3) is 0 Å². The summed E-state index contributed by atoms with van der Waals surface area (Å²) >= 11 is 1.64. The molecule has 17 nitrogen and oxygen atoms in total. The number of allylic oxidation sites excluding steroid dienone is 7. The van der Waals surface area contributed by atoms with E-state index < -0.39 is 17.9 Å². The zero-order chi connectivity index (χ0) is 54.9. The number of rotatable bonds is 30. The molecule has 2 aromatic carbocycles. The molecule has 7 rings (SSSR count). The van der Waals surface area contributed by atoms with E-state index in [0.29, 0.717) is 132 Å². The lowest BCUT2D eigenvalue weighted by molar-refractivity contribution is -0.151. The second-order valence-electron chi connectivity index (χ2n) is 20.1. The van der Waals surface area contributed by atoms with Crippen LogP contribution in [-0.2, 0) is 57.2 Å². The minimum Gasteiger partial charge on any atom is -0.498 e. The van der Waals surface area contributed by atoms with Crippen LogP contribution in [0.3, 0.4) is 0 Å². The van der Waals surface area contributed by atoms with Gasteiger partial charge >= 0.3 is 35.8 Å². The van der Waals surface area contributed by atoms with Gasteiger partial charge in [0.25, 0.3) is 0 Å². The molecule has 78 heavy (non-hydrogen) atoms. The van der Waals surface area contributed by atoms with Gasteiger partial charge in [0.05, 0.1) is 55.9 Å². The molecule has 5 aliphatic rings. The summed E-state index contributed by atoms with van der Waals surface area (Å²) < 4.78 is 45.4. The summed E-state index contributed by atoms with van der Waals surface area (Å²) in [5, 5.41) is 3.43. The molecule has 18 heteroatoms. The number of hydrazine groups is 1. The fourth-order valence-electron chi connectivity index (χ4n) is 9.75. The van der Waals surface area contributed by atoms with E-state index in [1.54, 1.807) is 54.3 Å². The molecule has 2 unspecified atom stereocenters. The van der Waals surface area contributed by atoms with Crippen LogP contribution in [0.1, 0.15) is 122 Å². The van der Waals surface area contributed by atoms with Gasteiger partial charge in [-0.05, 0) is 163 Å². The number of ether oxygens (including phenoxy) is 8. The van der Waals surface area contributed by atoms with Crippen LogP contribution in [-0.4, -0.2) is 74.3 Å². The number of unbranched alkanes of at least 4 members (excludes halogenated alkanes) is 6. The van der Waals surface area contributed by atoms with E-state index in [1.165, 1.54) is 0 Å². The molecular weight excluding hydrogens is 1020 g/mol. The van der Waals surface area contributed by atoms with E-state index in [9.17, 15) is 28.8 Å². The number of hydrogen-bond donors (Lipinski definition) is 3. The average molecular weight is 1090 g/mol. The van der Waals surface area contributed by atoms with Crippen molar-refractivity contribution in [1.29, 1.82) is 0 Å². The van der Waals surface area contributed by atoms with Crippen molar-refractivity contribution < 1.29 is 66.7 Å². The highest BCUT2D eigenvalue weighted by Gasteiger charge is 2.36. The van der Waals surface area contributed by atoms with Crippen molar-refractivity contribution >= 4 is 53.3 Å². The quantitative estimate of drug-likeness (QED) is 0.0166. The number of fused-ring (bicyclic) bond motifs is 1. The van der Waals surface area contributed by atoms with Crippen LogP contribution >= 0.6 is 11.8 Å². The topological polar surface area (TPSA) is 212 Å². The molecule has 2 saturated carbocycles. The minimum atomic E-state index is -0.409. The highest BCUT2D eigenvalue weighted by atomic mass is 32.2. The molecule has 2 atom stereocenters. The third kappa shape index (κ3) is 19.4. The summed E-state index contributed by atoms with van der Waals surface area (Å²) in [6.07, 6.45) is 21.9. The van der Waals surface area contributed by atoms with Crippen molar-refractivity contribution in [1.82, 2.24) is 10.9 Å². The van der Waals surface area contributed by atoms with E-state index in [2.05, 4.69) is 35.4 Å². The van der Waals surface area contributed by atoms with Crippen molar-refractivity contribution in [2.45, 2.75) is 132 Å². The molecule has 0 bridgehead atoms. The number of hydrogen-bond acceptors (Lipinski definition) is 18. The number of nitrogens with one attached hydrogen (secondary N) is 3. The van der Waals surface area contributed by atoms with Crippen LogP contribution in [0.2, 0.25) is 0 Å². The lowest BCUT2D eigenvalue weighted by atomic mass is 9.82. The van der Waals surface area contributed by atoms with E-state index in [-0.39, 0.29) is 53.0 Å². The minimum absolute atomic E-state index is 0.136. The standard InChI is InChI=1S/C60H75N3O14S/c1-3-54(64)72-37-13-7-5-11-35-70-46-25-29-48(30-26-46)74-56(66)41-17-19-43(20-18-41)58(68)76-50-33-34-52(45(39-50)40-61-63-60-62-51-15-9-10-16-53(51)78-60)77-59(69)44-23-21-42(22-24-44)57(67)75-49-31-27-47(28-32-49)71-36-12-6-8-14-38-73-55(65)4-2/h3-4,9-10,15-16,25,27-29,31-34,41-45,60-63H,1-2,5-8,11-14,17-24,26,30,35-40H2/t41?,42-,43?,44-,45?,60?. The van der Waals surface area contributed by atoms with Crippen molar-refractivity contribution in [2.24, 2.45) is 29.6 Å². The first kappa shape index (κ1) is 59.0. The largest absolute Gasteiger partial charge is 0.498 e. The van der Waals surface area contributed by atoms with Gasteiger partial charge in [0.1, 0.15) is 34.3 Å². The average Bonchev–Trinajstić information content (AvgIpc) is 3.90. The third-order valence-corrected chi connectivity index (χ3v) is 15.4. The van der Waals surface area contributed by atoms with Crippen LogP contribution in [0.4, 0.5) is 5.69 Å². The Balaban J connectivity index is 0.826. The van der Waals surface area contributed by atoms with Gasteiger partial charge in [0.15, 0.2) is 0 Å². The van der Waals surface area contributed by atoms with Gasteiger partial charge in [0, 0.05) is 54.5 Å². The van der Waals surface area contributed by atoms with E-state index in [0.717, 1.165) is 79.9 Å². The number of thioether (sulfide) groups is 1. The van der Waals surface area contributed by atoms with Crippen LogP contribution in [0.15, 0.2) is 126 Å². The summed E-state index contributed by atoms with van der Waals surface area (Å²) in [5.74, 6) is -0.442. The summed E-state index contributed by atoms with van der Waals surface area (Å²) in [6.45, 7) is 9.04. The highest BCUT2D eigenvalue weighted by Crippen LogP contribution is 2.38. The number of esters is 6. The Hall–Kier alpha value is -6.63. The molecule has 0 radical (unpaired) electrons. The van der Waals surface area contributed by atoms with Crippen LogP contribution in [0.5, 0.6) is 11.5 Å². The smallest absolute Gasteiger partial charge is 0.330 e. The Morgan fingerprint density at radius 2 is 1.03 bits per heavy atom. The number of carbonyl (C=O) groups excluding carboxylic acids is 6. The lowest BCUT2D eigenvalue weighted by Gasteiger charge is -2.30. The predicted molar refractivity (Wildman–Crippen MR) is 292 cm³/mol. The Labute approximate surface area is 461 Å². The number of benzene rings is 2. The van der Waals surface area contributed by atoms with E-state index in [4.69, 9.17) is 37.9 Å². The molecule has 0 amide bonds. The molecule has 420 valence electrons. The van der Waals surface area contributed by atoms with E-state index >= 15 is 0 Å². The Morgan fingerprint density at radius 3 is 1.59 bits per heavy atom. The maximum absolute atomic E-state index is 13.7. The van der Waals surface area contributed by atoms with Crippen molar-refractivity contribution in [3.05, 3.63) is 121 Å². The predicted octanol–water partition coefficient (Wildman–Crippen LogP) is 10.8. The first-order valence-electron chi connectivity index (χ1n) is 27.7. The molecule has 3 N–H and O–H groups in total. The first-order chi connectivity index (χ1) is 38.0. The zero-order valence-electron chi connectivity index (χ0n) is 44.6. The lowest BCUT2D eigenvalue weighted by Crippen LogP contribution is -2.44. The summed E-state index contributed by atoms with van der Waals surface area (Å²) in [4.78, 5) is 77.2. The fraction of sp³-hybridized carbons (Fsp3) is 0.500. The van der Waals surface area contributed by atoms with Gasteiger partial charge in [-0.25, -0.2) is 15.0 Å². The Kier molecular flexibility index (Phi) is 24.0. The first-order valence-corrected chi connectivity index (χ1v) is 28.5. The fourth-order valence-corrected chi connectivity index (χ4v) is 10.7. The number of carbonyl (C=O) groups is 6. The molecular formula is C60H75N3O14S. The van der Waals surface area contributed by atoms with Gasteiger partial charge in [0.2, 0.25) is 0 Å². The monoisotopic (exact) mass is 1090 g/mol. The molecule has 0 aromatic heterocycles. The van der Waals surface area contributed by atoms with Crippen LogP contribution in [0, 0.1) is 29.6 Å². The molecule has 4 aliphatic carbocycles. The summed E-state index contributed by atoms with van der Waals surface area (Å²) in [7, 11) is 0. The molecule has 1 aliphatic heterocycles. The maximum atomic E-state index is 13.7. The normalized spacial score (nSPS) is 21.5. The third-order valence-electron chi connectivity index (χ3n) is 14.3. The molecule has 0 saturated heterocycles. The van der Waals surface area contributed by atoms with E-state index in [1.807, 2.05) is 24.3 Å².